The summed E-state index contributed by atoms with van der Waals surface area (Å²) in [7, 11) is -3.64. The number of nitrogens with one attached hydrogen (secondary N) is 2. The lowest BCUT2D eigenvalue weighted by Gasteiger charge is -2.20. The molecule has 1 fully saturated rings. The van der Waals surface area contributed by atoms with Gasteiger partial charge in [0.15, 0.2) is 0 Å². The maximum atomic E-state index is 12.9. The topological polar surface area (TPSA) is 117 Å². The first-order valence-corrected chi connectivity index (χ1v) is 11.2. The van der Waals surface area contributed by atoms with Crippen LogP contribution in [-0.2, 0) is 10.0 Å². The highest BCUT2D eigenvalue weighted by Gasteiger charge is 2.25. The third-order valence-corrected chi connectivity index (χ3v) is 6.97. The van der Waals surface area contributed by atoms with E-state index in [1.165, 1.54) is 22.5 Å². The molecule has 0 saturated carbocycles. The molecule has 8 nitrogen and oxygen atoms in total. The Kier molecular flexibility index (Phi) is 5.67. The monoisotopic (exact) mass is 425 g/mol. The number of hydrogen-bond acceptors (Lipinski definition) is 6. The van der Waals surface area contributed by atoms with Crippen LogP contribution in [0.3, 0.4) is 0 Å². The van der Waals surface area contributed by atoms with Crippen molar-refractivity contribution < 1.29 is 13.2 Å². The highest BCUT2D eigenvalue weighted by atomic mass is 32.2. The number of sulfonamides is 1. The third-order valence-electron chi connectivity index (χ3n) is 5.08. The zero-order valence-corrected chi connectivity index (χ0v) is 17.2. The van der Waals surface area contributed by atoms with Crippen LogP contribution in [0.25, 0.3) is 10.9 Å². The molecule has 2 heterocycles. The van der Waals surface area contributed by atoms with Crippen molar-refractivity contribution in [2.45, 2.75) is 11.3 Å². The molecule has 0 unspecified atom stereocenters. The molecule has 4 N–H and O–H groups in total. The van der Waals surface area contributed by atoms with Gasteiger partial charge < -0.3 is 16.4 Å². The molecule has 2 aromatic carbocycles. The van der Waals surface area contributed by atoms with E-state index >= 15 is 0 Å². The van der Waals surface area contributed by atoms with Gasteiger partial charge in [-0.2, -0.15) is 4.31 Å². The Morgan fingerprint density at radius 3 is 2.80 bits per heavy atom. The summed E-state index contributed by atoms with van der Waals surface area (Å²) in [4.78, 5) is 17.0. The van der Waals surface area contributed by atoms with Gasteiger partial charge in [0.05, 0.1) is 21.8 Å². The van der Waals surface area contributed by atoms with E-state index in [-0.39, 0.29) is 16.5 Å². The Bertz CT molecular complexity index is 1190. The van der Waals surface area contributed by atoms with Gasteiger partial charge in [0.2, 0.25) is 10.0 Å². The van der Waals surface area contributed by atoms with Gasteiger partial charge in [-0.25, -0.2) is 8.42 Å². The number of carbonyl (C=O) groups excluding carboxylic acids is 1. The molecule has 1 aliphatic heterocycles. The number of aromatic nitrogens is 1. The lowest BCUT2D eigenvalue weighted by molar-refractivity contribution is 0.102. The van der Waals surface area contributed by atoms with E-state index in [2.05, 4.69) is 15.6 Å². The van der Waals surface area contributed by atoms with Crippen molar-refractivity contribution in [3.05, 3.63) is 60.3 Å². The minimum absolute atomic E-state index is 0.120. The molecular formula is C21H23N5O3S. The molecule has 0 radical (unpaired) electrons. The first-order chi connectivity index (χ1) is 14.4. The molecule has 30 heavy (non-hydrogen) atoms. The van der Waals surface area contributed by atoms with Crippen LogP contribution in [-0.4, -0.2) is 49.8 Å². The number of fused-ring (bicyclic) bond motifs is 1. The quantitative estimate of drug-likeness (QED) is 0.551. The molecule has 0 spiro atoms. The molecule has 1 aliphatic rings. The maximum Gasteiger partial charge on any atom is 0.255 e. The van der Waals surface area contributed by atoms with Crippen LogP contribution in [0, 0.1) is 0 Å². The van der Waals surface area contributed by atoms with Crippen LogP contribution in [0.15, 0.2) is 59.6 Å². The van der Waals surface area contributed by atoms with E-state index in [1.54, 1.807) is 18.3 Å². The maximum absolute atomic E-state index is 12.9. The van der Waals surface area contributed by atoms with Crippen LogP contribution in [0.5, 0.6) is 0 Å². The van der Waals surface area contributed by atoms with Crippen molar-refractivity contribution in [3.63, 3.8) is 0 Å². The Labute approximate surface area is 175 Å². The lowest BCUT2D eigenvalue weighted by Crippen LogP contribution is -2.34. The minimum Gasteiger partial charge on any atom is -0.397 e. The second-order valence-corrected chi connectivity index (χ2v) is 9.06. The SMILES string of the molecule is Nc1cc(S(=O)(=O)N2CCCNCC2)ccc1NC(=O)c1ccc2cccnc2c1. The second kappa shape index (κ2) is 8.39. The van der Waals surface area contributed by atoms with Gasteiger partial charge in [-0.15, -0.1) is 0 Å². The van der Waals surface area contributed by atoms with E-state index in [1.807, 2.05) is 18.2 Å². The average Bonchev–Trinajstić information content (AvgIpc) is 3.05. The number of nitrogen functional groups attached to an aromatic ring is 1. The number of benzene rings is 2. The van der Waals surface area contributed by atoms with Crippen molar-refractivity contribution >= 4 is 38.2 Å². The molecule has 4 rings (SSSR count). The number of carbonyl (C=O) groups is 1. The molecule has 0 bridgehead atoms. The number of nitrogens with zero attached hydrogens (tertiary/aromatic N) is 2. The average molecular weight is 426 g/mol. The molecule has 9 heteroatoms. The Morgan fingerprint density at radius 1 is 1.10 bits per heavy atom. The summed E-state index contributed by atoms with van der Waals surface area (Å²) in [6.07, 6.45) is 2.42. The lowest BCUT2D eigenvalue weighted by atomic mass is 10.1. The number of hydrogen-bond donors (Lipinski definition) is 3. The van der Waals surface area contributed by atoms with Gasteiger partial charge >= 0.3 is 0 Å². The first-order valence-electron chi connectivity index (χ1n) is 9.72. The molecule has 3 aromatic rings. The highest BCUT2D eigenvalue weighted by molar-refractivity contribution is 7.89. The normalized spacial score (nSPS) is 15.6. The molecule has 1 saturated heterocycles. The zero-order valence-electron chi connectivity index (χ0n) is 16.3. The number of amides is 1. The fraction of sp³-hybridized carbons (Fsp3) is 0.238. The van der Waals surface area contributed by atoms with Crippen LogP contribution in [0.1, 0.15) is 16.8 Å². The van der Waals surface area contributed by atoms with Crippen molar-refractivity contribution in [1.29, 1.82) is 0 Å². The predicted octanol–water partition coefficient (Wildman–Crippen LogP) is 2.05. The Balaban J connectivity index is 1.54. The van der Waals surface area contributed by atoms with E-state index < -0.39 is 10.0 Å². The predicted molar refractivity (Wildman–Crippen MR) is 117 cm³/mol. The van der Waals surface area contributed by atoms with E-state index in [9.17, 15) is 13.2 Å². The van der Waals surface area contributed by atoms with Crippen LogP contribution >= 0.6 is 0 Å². The van der Waals surface area contributed by atoms with Crippen molar-refractivity contribution in [2.24, 2.45) is 0 Å². The van der Waals surface area contributed by atoms with Gasteiger partial charge in [0.1, 0.15) is 0 Å². The Morgan fingerprint density at radius 2 is 1.97 bits per heavy atom. The number of rotatable bonds is 4. The van der Waals surface area contributed by atoms with Gasteiger partial charge in [-0.05, 0) is 49.4 Å². The molecule has 1 aromatic heterocycles. The fourth-order valence-corrected chi connectivity index (χ4v) is 4.94. The van der Waals surface area contributed by atoms with E-state index in [0.717, 1.165) is 18.4 Å². The third kappa shape index (κ3) is 4.13. The number of nitrogens with two attached hydrogens (primary N) is 1. The minimum atomic E-state index is -3.64. The smallest absolute Gasteiger partial charge is 0.255 e. The van der Waals surface area contributed by atoms with Gasteiger partial charge in [0.25, 0.3) is 5.91 Å². The summed E-state index contributed by atoms with van der Waals surface area (Å²) in [5.74, 6) is -0.344. The highest BCUT2D eigenvalue weighted by Crippen LogP contribution is 2.26. The standard InChI is InChI=1S/C21H23N5O3S/c22-18-14-17(30(28,29)26-11-2-8-23-10-12-26)6-7-19(18)25-21(27)16-5-4-15-3-1-9-24-20(15)13-16/h1,3-7,9,13-14,23H,2,8,10-12,22H2,(H,25,27). The van der Waals surface area contributed by atoms with E-state index in [4.69, 9.17) is 5.73 Å². The second-order valence-electron chi connectivity index (χ2n) is 7.12. The zero-order chi connectivity index (χ0) is 21.1. The molecule has 156 valence electrons. The van der Waals surface area contributed by atoms with Gasteiger partial charge in [0, 0.05) is 36.8 Å². The fourth-order valence-electron chi connectivity index (χ4n) is 3.43. The summed E-state index contributed by atoms with van der Waals surface area (Å²) in [5, 5.41) is 6.87. The van der Waals surface area contributed by atoms with Crippen molar-refractivity contribution in [2.75, 3.05) is 37.2 Å². The first kappa shape index (κ1) is 20.3. The molecule has 1 amide bonds. The Hall–Kier alpha value is -3.01. The summed E-state index contributed by atoms with van der Waals surface area (Å²) in [5.41, 5.74) is 7.78. The van der Waals surface area contributed by atoms with Gasteiger partial charge in [-0.1, -0.05) is 12.1 Å². The molecule has 0 aliphatic carbocycles. The van der Waals surface area contributed by atoms with Crippen molar-refractivity contribution in [1.82, 2.24) is 14.6 Å². The van der Waals surface area contributed by atoms with Crippen LogP contribution in [0.2, 0.25) is 0 Å². The largest absolute Gasteiger partial charge is 0.397 e. The summed E-state index contributed by atoms with van der Waals surface area (Å²) >= 11 is 0. The molecular weight excluding hydrogens is 402 g/mol. The summed E-state index contributed by atoms with van der Waals surface area (Å²) < 4.78 is 27.3. The summed E-state index contributed by atoms with van der Waals surface area (Å²) in [6, 6.07) is 13.4. The summed E-state index contributed by atoms with van der Waals surface area (Å²) in [6.45, 7) is 2.29. The molecule has 0 atom stereocenters. The van der Waals surface area contributed by atoms with E-state index in [0.29, 0.717) is 36.4 Å². The van der Waals surface area contributed by atoms with Gasteiger partial charge in [-0.3, -0.25) is 9.78 Å². The number of anilines is 2. The van der Waals surface area contributed by atoms with Crippen LogP contribution < -0.4 is 16.4 Å². The van der Waals surface area contributed by atoms with Crippen LogP contribution in [0.4, 0.5) is 11.4 Å². The van der Waals surface area contributed by atoms with Crippen molar-refractivity contribution in [3.8, 4) is 0 Å². The number of pyridine rings is 1.